The van der Waals surface area contributed by atoms with E-state index in [-0.39, 0.29) is 38.0 Å². The number of aliphatic hydroxyl groups excluding tert-OH is 1. The molecule has 0 spiro atoms. The van der Waals surface area contributed by atoms with E-state index in [4.69, 9.17) is 11.5 Å². The van der Waals surface area contributed by atoms with Gasteiger partial charge in [-0.1, -0.05) is 75.9 Å². The Kier molecular flexibility index (Phi) is 20.5. The Morgan fingerprint density at radius 1 is 0.647 bits per heavy atom. The van der Waals surface area contributed by atoms with Crippen LogP contribution in [0, 0.1) is 0 Å². The quantitative estimate of drug-likeness (QED) is 0.0404. The van der Waals surface area contributed by atoms with Crippen LogP contribution >= 0.6 is 0 Å². The van der Waals surface area contributed by atoms with Gasteiger partial charge in [0.1, 0.15) is 30.2 Å². The Bertz CT molecular complexity index is 2380. The number of aromatic amines is 2. The van der Waals surface area contributed by atoms with Crippen LogP contribution in [0.4, 0.5) is 0 Å². The number of H-pyrrole nitrogens is 2. The molecular formula is C48H69N11O9. The van der Waals surface area contributed by atoms with Crippen molar-refractivity contribution in [3.8, 4) is 0 Å². The highest BCUT2D eigenvalue weighted by atomic mass is 16.3. The Morgan fingerprint density at radius 2 is 1.15 bits per heavy atom. The van der Waals surface area contributed by atoms with Crippen LogP contribution in [-0.4, -0.2) is 155 Å². The number of aliphatic hydroxyl groups is 1. The van der Waals surface area contributed by atoms with Crippen molar-refractivity contribution in [1.29, 1.82) is 0 Å². The lowest BCUT2D eigenvalue weighted by molar-refractivity contribution is -0.149. The van der Waals surface area contributed by atoms with E-state index in [2.05, 4.69) is 31.2 Å². The van der Waals surface area contributed by atoms with Gasteiger partial charge >= 0.3 is 0 Å². The SMILES string of the molecule is CCCC[C@@H](C(=O)N(C)[C@@H](CCCC)C(=O)NC)N(C)C(=O)[C@H](Cc1c[nH]c2ccccc12)NC(=O)[C@H](CO)NC(=O)[C@H](Cc1c[nH]c2ccccc12)NC(=O)CN(C)C(=O)[C@@H](N)CCC(N)=O. The molecule has 0 saturated heterocycles. The Balaban J connectivity index is 1.63. The molecule has 0 bridgehead atoms. The van der Waals surface area contributed by atoms with E-state index in [1.165, 1.54) is 30.9 Å². The number of aromatic nitrogens is 2. The predicted octanol–water partition coefficient (Wildman–Crippen LogP) is 0.713. The number of nitrogens with one attached hydrogen (secondary N) is 6. The molecule has 0 fully saturated rings. The fourth-order valence-corrected chi connectivity index (χ4v) is 8.16. The number of hydrogen-bond donors (Lipinski definition) is 9. The monoisotopic (exact) mass is 944 g/mol. The summed E-state index contributed by atoms with van der Waals surface area (Å²) in [5.41, 5.74) is 14.0. The van der Waals surface area contributed by atoms with E-state index < -0.39 is 90.8 Å². The minimum atomic E-state index is -1.63. The normalized spacial score (nSPS) is 13.9. The zero-order chi connectivity index (χ0) is 50.1. The van der Waals surface area contributed by atoms with E-state index in [0.29, 0.717) is 36.8 Å². The molecule has 6 atom stereocenters. The minimum absolute atomic E-state index is 0.0333. The lowest BCUT2D eigenvalue weighted by atomic mass is 10.00. The summed E-state index contributed by atoms with van der Waals surface area (Å²) < 4.78 is 0. The second-order valence-electron chi connectivity index (χ2n) is 17.2. The molecule has 8 amide bonds. The molecule has 4 rings (SSSR count). The van der Waals surface area contributed by atoms with Crippen molar-refractivity contribution in [3.05, 3.63) is 72.1 Å². The third kappa shape index (κ3) is 14.4. The molecule has 68 heavy (non-hydrogen) atoms. The van der Waals surface area contributed by atoms with Gasteiger partial charge in [0.25, 0.3) is 0 Å². The zero-order valence-corrected chi connectivity index (χ0v) is 39.9. The summed E-state index contributed by atoms with van der Waals surface area (Å²) in [6.07, 6.45) is 6.57. The minimum Gasteiger partial charge on any atom is -0.394 e. The van der Waals surface area contributed by atoms with Crippen molar-refractivity contribution < 1.29 is 43.5 Å². The second-order valence-corrected chi connectivity index (χ2v) is 17.2. The van der Waals surface area contributed by atoms with Crippen molar-refractivity contribution in [3.63, 3.8) is 0 Å². The number of unbranched alkanes of at least 4 members (excludes halogenated alkanes) is 2. The summed E-state index contributed by atoms with van der Waals surface area (Å²) in [7, 11) is 5.87. The van der Waals surface area contributed by atoms with Gasteiger partial charge in [0, 0.05) is 81.7 Å². The summed E-state index contributed by atoms with van der Waals surface area (Å²) in [5, 5.41) is 22.8. The van der Waals surface area contributed by atoms with Gasteiger partial charge in [-0.15, -0.1) is 0 Å². The summed E-state index contributed by atoms with van der Waals surface area (Å²) in [6, 6.07) is 7.51. The van der Waals surface area contributed by atoms with Gasteiger partial charge in [-0.3, -0.25) is 38.4 Å². The van der Waals surface area contributed by atoms with E-state index in [9.17, 15) is 43.5 Å². The molecule has 20 heteroatoms. The number of para-hydroxylation sites is 2. The molecule has 11 N–H and O–H groups in total. The maximum Gasteiger partial charge on any atom is 0.245 e. The van der Waals surface area contributed by atoms with Gasteiger partial charge in [-0.2, -0.15) is 0 Å². The van der Waals surface area contributed by atoms with E-state index in [0.717, 1.165) is 33.1 Å². The maximum atomic E-state index is 14.8. The van der Waals surface area contributed by atoms with Crippen LogP contribution in [0.5, 0.6) is 0 Å². The Hall–Kier alpha value is -6.80. The molecule has 0 aliphatic rings. The molecule has 0 aliphatic carbocycles. The molecule has 0 unspecified atom stereocenters. The molecule has 2 aromatic heterocycles. The summed E-state index contributed by atoms with van der Waals surface area (Å²) >= 11 is 0. The summed E-state index contributed by atoms with van der Waals surface area (Å²) in [4.78, 5) is 118. The number of likely N-dealkylation sites (N-methyl/N-ethyl adjacent to an activating group) is 4. The van der Waals surface area contributed by atoms with Gasteiger partial charge in [0.05, 0.1) is 19.2 Å². The molecular weight excluding hydrogens is 875 g/mol. The van der Waals surface area contributed by atoms with Crippen LogP contribution < -0.4 is 32.7 Å². The van der Waals surface area contributed by atoms with Crippen LogP contribution in [0.15, 0.2) is 60.9 Å². The molecule has 0 aliphatic heterocycles. The highest BCUT2D eigenvalue weighted by molar-refractivity contribution is 5.98. The molecule has 0 saturated carbocycles. The number of carbonyl (C=O) groups excluding carboxylic acids is 8. The highest BCUT2D eigenvalue weighted by Crippen LogP contribution is 2.23. The number of carbonyl (C=O) groups is 8. The van der Waals surface area contributed by atoms with E-state index in [1.807, 2.05) is 62.4 Å². The lowest BCUT2D eigenvalue weighted by Gasteiger charge is -2.36. The first-order valence-electron chi connectivity index (χ1n) is 23.1. The number of fused-ring (bicyclic) bond motifs is 2. The number of amides is 8. The van der Waals surface area contributed by atoms with Crippen molar-refractivity contribution >= 4 is 69.1 Å². The van der Waals surface area contributed by atoms with Crippen LogP contribution in [0.25, 0.3) is 21.8 Å². The average molecular weight is 944 g/mol. The van der Waals surface area contributed by atoms with Gasteiger partial charge in [-0.05, 0) is 42.5 Å². The molecule has 2 aromatic carbocycles. The summed E-state index contributed by atoms with van der Waals surface area (Å²) in [5.74, 6) is -5.20. The number of benzene rings is 2. The zero-order valence-electron chi connectivity index (χ0n) is 39.9. The predicted molar refractivity (Wildman–Crippen MR) is 257 cm³/mol. The van der Waals surface area contributed by atoms with Crippen molar-refractivity contribution in [2.45, 2.75) is 114 Å². The number of hydrogen-bond acceptors (Lipinski definition) is 10. The largest absolute Gasteiger partial charge is 0.394 e. The third-order valence-corrected chi connectivity index (χ3v) is 12.2. The van der Waals surface area contributed by atoms with Crippen molar-refractivity contribution in [1.82, 2.24) is 45.9 Å². The standard InChI is InChI=1S/C48H69N11O9/c1-7-9-19-39(45(65)51-3)58(5)48(68)40(20-10-8-2)59(6)47(67)37(24-30-26-53-35-18-14-12-16-32(30)35)55-44(64)38(28-60)56-43(63)36(23-29-25-52-34-17-13-11-15-31(29)34)54-42(62)27-57(4)46(66)33(49)21-22-41(50)61/h11-18,25-26,33,36-40,52-53,60H,7-10,19-24,27-28,49H2,1-6H3,(H2,50,61)(H,51,65)(H,54,62)(H,55,64)(H,56,63)/t33-,36-,37-,38-,39-,40-/m0/s1. The summed E-state index contributed by atoms with van der Waals surface area (Å²) in [6.45, 7) is 2.51. The van der Waals surface area contributed by atoms with Gasteiger partial charge < -0.3 is 62.5 Å². The van der Waals surface area contributed by atoms with Crippen molar-refractivity contribution in [2.24, 2.45) is 11.5 Å². The average Bonchev–Trinajstić information content (AvgIpc) is 3.94. The molecule has 2 heterocycles. The number of primary amides is 1. The van der Waals surface area contributed by atoms with E-state index >= 15 is 0 Å². The fourth-order valence-electron chi connectivity index (χ4n) is 8.16. The van der Waals surface area contributed by atoms with Crippen LogP contribution in [-0.2, 0) is 51.2 Å². The number of rotatable bonds is 27. The first-order chi connectivity index (χ1) is 32.4. The van der Waals surface area contributed by atoms with Crippen molar-refractivity contribution in [2.75, 3.05) is 41.3 Å². The smallest absolute Gasteiger partial charge is 0.245 e. The van der Waals surface area contributed by atoms with E-state index in [1.54, 1.807) is 19.4 Å². The fraction of sp³-hybridized carbons (Fsp3) is 0.500. The van der Waals surface area contributed by atoms with Crippen LogP contribution in [0.3, 0.4) is 0 Å². The Morgan fingerprint density at radius 3 is 1.68 bits per heavy atom. The van der Waals surface area contributed by atoms with Crippen LogP contribution in [0.1, 0.15) is 76.3 Å². The van der Waals surface area contributed by atoms with Gasteiger partial charge in [-0.25, -0.2) is 0 Å². The Labute approximate surface area is 396 Å². The first-order valence-corrected chi connectivity index (χ1v) is 23.1. The van der Waals surface area contributed by atoms with Gasteiger partial charge in [0.15, 0.2) is 0 Å². The maximum absolute atomic E-state index is 14.8. The highest BCUT2D eigenvalue weighted by Gasteiger charge is 2.38. The van der Waals surface area contributed by atoms with Crippen LogP contribution in [0.2, 0.25) is 0 Å². The van der Waals surface area contributed by atoms with Gasteiger partial charge in [0.2, 0.25) is 47.3 Å². The molecule has 4 aromatic rings. The second kappa shape index (κ2) is 25.9. The first kappa shape index (κ1) is 53.8. The molecule has 370 valence electrons. The number of nitrogens with zero attached hydrogens (tertiary/aromatic N) is 3. The number of nitrogens with two attached hydrogens (primary N) is 2. The molecule has 20 nitrogen and oxygen atoms in total. The molecule has 0 radical (unpaired) electrons. The lowest BCUT2D eigenvalue weighted by Crippen LogP contribution is -2.60. The topological polar surface area (TPSA) is 298 Å². The third-order valence-electron chi connectivity index (χ3n) is 12.2.